The Morgan fingerprint density at radius 1 is 1.11 bits per heavy atom. The summed E-state index contributed by atoms with van der Waals surface area (Å²) in [6, 6.07) is 1.55. The van der Waals surface area contributed by atoms with Gasteiger partial charge in [-0.1, -0.05) is 33.1 Å². The van der Waals surface area contributed by atoms with E-state index < -0.39 is 0 Å². The summed E-state index contributed by atoms with van der Waals surface area (Å²) in [5.41, 5.74) is 0.554. The Hall–Kier alpha value is -0.0800. The second kappa shape index (κ2) is 6.58. The minimum atomic E-state index is 0.554. The Kier molecular flexibility index (Phi) is 5.30. The molecule has 0 aromatic rings. The summed E-state index contributed by atoms with van der Waals surface area (Å²) in [7, 11) is 2.33. The van der Waals surface area contributed by atoms with Crippen LogP contribution in [0.3, 0.4) is 0 Å². The van der Waals surface area contributed by atoms with Crippen molar-refractivity contribution in [3.8, 4) is 0 Å². The Morgan fingerprint density at radius 3 is 2.26 bits per heavy atom. The second-order valence-corrected chi connectivity index (χ2v) is 7.62. The highest BCUT2D eigenvalue weighted by Crippen LogP contribution is 2.37. The lowest BCUT2D eigenvalue weighted by Crippen LogP contribution is -2.48. The number of hydrogen-bond acceptors (Lipinski definition) is 2. The average Bonchev–Trinajstić information content (AvgIpc) is 3.20. The first kappa shape index (κ1) is 15.3. The molecule has 0 saturated heterocycles. The molecule has 0 radical (unpaired) electrons. The van der Waals surface area contributed by atoms with Crippen LogP contribution < -0.4 is 5.32 Å². The molecule has 1 atom stereocenters. The lowest BCUT2D eigenvalue weighted by molar-refractivity contribution is 0.0834. The lowest BCUT2D eigenvalue weighted by atomic mass is 9.73. The number of nitrogens with one attached hydrogen (secondary N) is 1. The summed E-state index contributed by atoms with van der Waals surface area (Å²) in [4.78, 5) is 2.62. The van der Waals surface area contributed by atoms with Crippen LogP contribution in [0.4, 0.5) is 0 Å². The van der Waals surface area contributed by atoms with Gasteiger partial charge in [-0.3, -0.25) is 0 Å². The molecule has 0 amide bonds. The second-order valence-electron chi connectivity index (χ2n) is 7.62. The molecule has 2 aliphatic rings. The zero-order valence-electron chi connectivity index (χ0n) is 13.5. The quantitative estimate of drug-likeness (QED) is 0.756. The predicted molar refractivity (Wildman–Crippen MR) is 83.5 cm³/mol. The van der Waals surface area contributed by atoms with Gasteiger partial charge in [-0.05, 0) is 51.0 Å². The van der Waals surface area contributed by atoms with Crippen molar-refractivity contribution < 1.29 is 0 Å². The fraction of sp³-hybridized carbons (Fsp3) is 1.00. The highest BCUT2D eigenvalue weighted by molar-refractivity contribution is 4.91. The standard InChI is InChI=1S/C17H34N2/c1-14(2)15(3)19(4)13-17(10-6-5-7-11-17)12-18-16-8-9-16/h14-16,18H,5-13H2,1-4H3. The number of hydrogen-bond donors (Lipinski definition) is 1. The predicted octanol–water partition coefficient (Wildman–Crippen LogP) is 3.67. The summed E-state index contributed by atoms with van der Waals surface area (Å²) in [6.07, 6.45) is 10.0. The highest BCUT2D eigenvalue weighted by atomic mass is 15.1. The van der Waals surface area contributed by atoms with Crippen LogP contribution in [0, 0.1) is 11.3 Å². The molecule has 1 unspecified atom stereocenters. The fourth-order valence-electron chi connectivity index (χ4n) is 3.52. The third kappa shape index (κ3) is 4.46. The van der Waals surface area contributed by atoms with E-state index in [-0.39, 0.29) is 0 Å². The molecule has 2 aliphatic carbocycles. The first-order valence-electron chi connectivity index (χ1n) is 8.46. The Morgan fingerprint density at radius 2 is 1.74 bits per heavy atom. The molecule has 19 heavy (non-hydrogen) atoms. The summed E-state index contributed by atoms with van der Waals surface area (Å²) < 4.78 is 0. The third-order valence-electron chi connectivity index (χ3n) is 5.50. The average molecular weight is 266 g/mol. The maximum Gasteiger partial charge on any atom is 0.00871 e. The van der Waals surface area contributed by atoms with Crippen LogP contribution in [0.2, 0.25) is 0 Å². The van der Waals surface area contributed by atoms with Gasteiger partial charge in [0.25, 0.3) is 0 Å². The highest BCUT2D eigenvalue weighted by Gasteiger charge is 2.35. The van der Waals surface area contributed by atoms with Gasteiger partial charge in [-0.2, -0.15) is 0 Å². The van der Waals surface area contributed by atoms with E-state index >= 15 is 0 Å². The van der Waals surface area contributed by atoms with Crippen LogP contribution in [0.15, 0.2) is 0 Å². The molecular formula is C17H34N2. The normalized spacial score (nSPS) is 24.9. The third-order valence-corrected chi connectivity index (χ3v) is 5.50. The first-order chi connectivity index (χ1) is 9.02. The molecule has 2 nitrogen and oxygen atoms in total. The van der Waals surface area contributed by atoms with Crippen molar-refractivity contribution in [1.82, 2.24) is 10.2 Å². The maximum atomic E-state index is 3.81. The summed E-state index contributed by atoms with van der Waals surface area (Å²) in [6.45, 7) is 9.61. The van der Waals surface area contributed by atoms with Gasteiger partial charge in [0, 0.05) is 25.2 Å². The first-order valence-corrected chi connectivity index (χ1v) is 8.46. The largest absolute Gasteiger partial charge is 0.313 e. The topological polar surface area (TPSA) is 15.3 Å². The molecule has 2 fully saturated rings. The minimum Gasteiger partial charge on any atom is -0.313 e. The van der Waals surface area contributed by atoms with Crippen molar-refractivity contribution >= 4 is 0 Å². The molecule has 0 spiro atoms. The van der Waals surface area contributed by atoms with Crippen molar-refractivity contribution in [2.24, 2.45) is 11.3 Å². The summed E-state index contributed by atoms with van der Waals surface area (Å²) in [5, 5.41) is 3.81. The summed E-state index contributed by atoms with van der Waals surface area (Å²) in [5.74, 6) is 0.752. The Labute approximate surface area is 120 Å². The SMILES string of the molecule is CC(C)C(C)N(C)CC1(CNC2CC2)CCCCC1. The molecule has 1 N–H and O–H groups in total. The smallest absolute Gasteiger partial charge is 0.00871 e. The zero-order valence-corrected chi connectivity index (χ0v) is 13.5. The molecule has 2 heteroatoms. The van der Waals surface area contributed by atoms with Crippen LogP contribution >= 0.6 is 0 Å². The van der Waals surface area contributed by atoms with Crippen molar-refractivity contribution in [3.63, 3.8) is 0 Å². The van der Waals surface area contributed by atoms with E-state index in [0.29, 0.717) is 11.5 Å². The van der Waals surface area contributed by atoms with Gasteiger partial charge < -0.3 is 10.2 Å². The fourth-order valence-corrected chi connectivity index (χ4v) is 3.52. The van der Waals surface area contributed by atoms with E-state index in [9.17, 15) is 0 Å². The molecule has 0 aromatic heterocycles. The van der Waals surface area contributed by atoms with Crippen molar-refractivity contribution in [2.75, 3.05) is 20.1 Å². The van der Waals surface area contributed by atoms with Crippen LogP contribution in [-0.4, -0.2) is 37.1 Å². The van der Waals surface area contributed by atoms with Gasteiger partial charge in [-0.15, -0.1) is 0 Å². The van der Waals surface area contributed by atoms with Crippen molar-refractivity contribution in [2.45, 2.75) is 77.8 Å². The van der Waals surface area contributed by atoms with Gasteiger partial charge in [0.2, 0.25) is 0 Å². The van der Waals surface area contributed by atoms with Gasteiger partial charge in [0.05, 0.1) is 0 Å². The molecule has 2 saturated carbocycles. The van der Waals surface area contributed by atoms with E-state index in [2.05, 4.69) is 38.0 Å². The van der Waals surface area contributed by atoms with Crippen molar-refractivity contribution in [1.29, 1.82) is 0 Å². The minimum absolute atomic E-state index is 0.554. The van der Waals surface area contributed by atoms with E-state index in [0.717, 1.165) is 12.0 Å². The molecule has 0 bridgehead atoms. The molecular weight excluding hydrogens is 232 g/mol. The number of rotatable bonds is 7. The lowest BCUT2D eigenvalue weighted by Gasteiger charge is -2.43. The van der Waals surface area contributed by atoms with Crippen molar-refractivity contribution in [3.05, 3.63) is 0 Å². The molecule has 0 heterocycles. The van der Waals surface area contributed by atoms with Crippen LogP contribution in [0.5, 0.6) is 0 Å². The van der Waals surface area contributed by atoms with Crippen LogP contribution in [0.1, 0.15) is 65.7 Å². The number of nitrogens with zero attached hydrogens (tertiary/aromatic N) is 1. The molecule has 112 valence electrons. The monoisotopic (exact) mass is 266 g/mol. The van der Waals surface area contributed by atoms with E-state index in [1.165, 1.54) is 58.0 Å². The maximum absolute atomic E-state index is 3.81. The van der Waals surface area contributed by atoms with E-state index in [1.807, 2.05) is 0 Å². The van der Waals surface area contributed by atoms with Crippen LogP contribution in [-0.2, 0) is 0 Å². The Bertz CT molecular complexity index is 264. The van der Waals surface area contributed by atoms with E-state index in [1.54, 1.807) is 0 Å². The molecule has 0 aromatic carbocycles. The van der Waals surface area contributed by atoms with Gasteiger partial charge >= 0.3 is 0 Å². The van der Waals surface area contributed by atoms with Crippen LogP contribution in [0.25, 0.3) is 0 Å². The summed E-state index contributed by atoms with van der Waals surface area (Å²) >= 11 is 0. The Balaban J connectivity index is 1.91. The van der Waals surface area contributed by atoms with E-state index in [4.69, 9.17) is 0 Å². The zero-order chi connectivity index (χ0) is 13.9. The molecule has 2 rings (SSSR count). The van der Waals surface area contributed by atoms with Gasteiger partial charge in [0.15, 0.2) is 0 Å². The van der Waals surface area contributed by atoms with Gasteiger partial charge in [-0.25, -0.2) is 0 Å². The molecule has 0 aliphatic heterocycles. The van der Waals surface area contributed by atoms with Gasteiger partial charge in [0.1, 0.15) is 0 Å².